The fourth-order valence-corrected chi connectivity index (χ4v) is 1.92. The van der Waals surface area contributed by atoms with Crippen LogP contribution in [-0.2, 0) is 0 Å². The second-order valence-electron chi connectivity index (χ2n) is 6.33. The van der Waals surface area contributed by atoms with Crippen LogP contribution in [0.25, 0.3) is 10.9 Å². The van der Waals surface area contributed by atoms with Crippen molar-refractivity contribution in [2.45, 2.75) is 27.7 Å². The van der Waals surface area contributed by atoms with Gasteiger partial charge in [0.2, 0.25) is 0 Å². The summed E-state index contributed by atoms with van der Waals surface area (Å²) in [5.41, 5.74) is 1.78. The Kier molecular flexibility index (Phi) is 3.94. The van der Waals surface area contributed by atoms with Crippen LogP contribution in [0.15, 0.2) is 30.3 Å². The van der Waals surface area contributed by atoms with Gasteiger partial charge in [0.15, 0.2) is 0 Å². The molecule has 2 rings (SSSR count). The standard InChI is InChI=1S/C17H21N3/c1-12(17(2,3)4)11-19-16-9-13(10-18)14-7-5-6-8-15(14)20-16/h5-9,12H,11H2,1-4H3,(H,19,20). The van der Waals surface area contributed by atoms with Gasteiger partial charge in [-0.25, -0.2) is 4.98 Å². The first-order valence-electron chi connectivity index (χ1n) is 6.95. The molecule has 0 aliphatic rings. The summed E-state index contributed by atoms with van der Waals surface area (Å²) < 4.78 is 0. The lowest BCUT2D eigenvalue weighted by Crippen LogP contribution is -2.25. The summed E-state index contributed by atoms with van der Waals surface area (Å²) in [6, 6.07) is 11.8. The van der Waals surface area contributed by atoms with E-state index in [1.165, 1.54) is 0 Å². The fourth-order valence-electron chi connectivity index (χ4n) is 1.92. The number of aromatic nitrogens is 1. The predicted octanol–water partition coefficient (Wildman–Crippen LogP) is 4.20. The molecule has 0 aliphatic heterocycles. The lowest BCUT2D eigenvalue weighted by molar-refractivity contribution is 0.274. The number of rotatable bonds is 3. The SMILES string of the molecule is CC(CNc1cc(C#N)c2ccccc2n1)C(C)(C)C. The normalized spacial score (nSPS) is 12.9. The Morgan fingerprint density at radius 2 is 2.00 bits per heavy atom. The number of nitrogens with one attached hydrogen (secondary N) is 1. The van der Waals surface area contributed by atoms with E-state index in [2.05, 4.69) is 44.1 Å². The van der Waals surface area contributed by atoms with Gasteiger partial charge >= 0.3 is 0 Å². The van der Waals surface area contributed by atoms with Gasteiger partial charge in [0.1, 0.15) is 5.82 Å². The smallest absolute Gasteiger partial charge is 0.127 e. The number of para-hydroxylation sites is 1. The molecule has 1 unspecified atom stereocenters. The predicted molar refractivity (Wildman–Crippen MR) is 83.6 cm³/mol. The second-order valence-corrected chi connectivity index (χ2v) is 6.33. The summed E-state index contributed by atoms with van der Waals surface area (Å²) in [6.45, 7) is 9.76. The number of hydrogen-bond acceptors (Lipinski definition) is 3. The van der Waals surface area contributed by atoms with Crippen LogP contribution in [-0.4, -0.2) is 11.5 Å². The molecule has 1 atom stereocenters. The molecule has 1 aromatic carbocycles. The summed E-state index contributed by atoms with van der Waals surface area (Å²) in [5.74, 6) is 1.29. The molecule has 3 nitrogen and oxygen atoms in total. The van der Waals surface area contributed by atoms with Crippen molar-refractivity contribution >= 4 is 16.7 Å². The average molecular weight is 267 g/mol. The van der Waals surface area contributed by atoms with E-state index in [9.17, 15) is 5.26 Å². The van der Waals surface area contributed by atoms with Gasteiger partial charge in [-0.15, -0.1) is 0 Å². The topological polar surface area (TPSA) is 48.7 Å². The van der Waals surface area contributed by atoms with Crippen LogP contribution in [0.1, 0.15) is 33.3 Å². The molecule has 1 N–H and O–H groups in total. The van der Waals surface area contributed by atoms with Gasteiger partial charge in [0, 0.05) is 11.9 Å². The summed E-state index contributed by atoms with van der Waals surface area (Å²) in [7, 11) is 0. The third-order valence-corrected chi connectivity index (χ3v) is 3.90. The highest BCUT2D eigenvalue weighted by atomic mass is 15.0. The van der Waals surface area contributed by atoms with Gasteiger partial charge in [-0.1, -0.05) is 45.9 Å². The molecule has 0 bridgehead atoms. The van der Waals surface area contributed by atoms with Crippen LogP contribution in [0, 0.1) is 22.7 Å². The molecule has 0 fully saturated rings. The van der Waals surface area contributed by atoms with Gasteiger partial charge in [-0.2, -0.15) is 5.26 Å². The number of benzene rings is 1. The molecule has 104 valence electrons. The van der Waals surface area contributed by atoms with Crippen molar-refractivity contribution in [1.29, 1.82) is 5.26 Å². The van der Waals surface area contributed by atoms with Gasteiger partial charge in [-0.05, 0) is 23.5 Å². The molecule has 20 heavy (non-hydrogen) atoms. The highest BCUT2D eigenvalue weighted by Crippen LogP contribution is 2.26. The number of anilines is 1. The third-order valence-electron chi connectivity index (χ3n) is 3.90. The molecule has 0 aliphatic carbocycles. The maximum atomic E-state index is 9.26. The summed E-state index contributed by atoms with van der Waals surface area (Å²) >= 11 is 0. The lowest BCUT2D eigenvalue weighted by Gasteiger charge is -2.27. The molecular formula is C17H21N3. The van der Waals surface area contributed by atoms with Crippen LogP contribution >= 0.6 is 0 Å². The van der Waals surface area contributed by atoms with E-state index >= 15 is 0 Å². The molecular weight excluding hydrogens is 246 g/mol. The third kappa shape index (κ3) is 3.08. The summed E-state index contributed by atoms with van der Waals surface area (Å²) in [5, 5.41) is 13.5. The molecule has 1 aromatic heterocycles. The minimum atomic E-state index is 0.252. The molecule has 1 heterocycles. The highest BCUT2D eigenvalue weighted by Gasteiger charge is 2.19. The Balaban J connectivity index is 2.26. The molecule has 0 spiro atoms. The maximum Gasteiger partial charge on any atom is 0.127 e. The van der Waals surface area contributed by atoms with E-state index in [-0.39, 0.29) is 5.41 Å². The van der Waals surface area contributed by atoms with Crippen molar-refractivity contribution in [3.8, 4) is 6.07 Å². The van der Waals surface area contributed by atoms with Gasteiger partial charge < -0.3 is 5.32 Å². The number of nitriles is 1. The number of nitrogens with zero attached hydrogens (tertiary/aromatic N) is 2. The van der Waals surface area contributed by atoms with E-state index in [4.69, 9.17) is 0 Å². The summed E-state index contributed by atoms with van der Waals surface area (Å²) in [4.78, 5) is 4.58. The number of hydrogen-bond donors (Lipinski definition) is 1. The molecule has 0 amide bonds. The van der Waals surface area contributed by atoms with Crippen LogP contribution < -0.4 is 5.32 Å². The van der Waals surface area contributed by atoms with Crippen molar-refractivity contribution in [1.82, 2.24) is 4.98 Å². The zero-order chi connectivity index (χ0) is 14.8. The Bertz CT molecular complexity index is 647. The van der Waals surface area contributed by atoms with Gasteiger partial charge in [-0.3, -0.25) is 0 Å². The first-order valence-corrected chi connectivity index (χ1v) is 6.95. The van der Waals surface area contributed by atoms with E-state index in [1.807, 2.05) is 30.3 Å². The molecule has 0 saturated heterocycles. The monoisotopic (exact) mass is 267 g/mol. The average Bonchev–Trinajstić information content (AvgIpc) is 2.42. The van der Waals surface area contributed by atoms with Crippen LogP contribution in [0.3, 0.4) is 0 Å². The van der Waals surface area contributed by atoms with E-state index in [0.29, 0.717) is 11.5 Å². The zero-order valence-electron chi connectivity index (χ0n) is 12.6. The molecule has 3 heteroatoms. The number of pyridine rings is 1. The largest absolute Gasteiger partial charge is 0.370 e. The van der Waals surface area contributed by atoms with Crippen molar-refractivity contribution in [2.24, 2.45) is 11.3 Å². The number of fused-ring (bicyclic) bond motifs is 1. The van der Waals surface area contributed by atoms with E-state index in [1.54, 1.807) is 0 Å². The van der Waals surface area contributed by atoms with Crippen molar-refractivity contribution in [3.05, 3.63) is 35.9 Å². The van der Waals surface area contributed by atoms with E-state index < -0.39 is 0 Å². The summed E-state index contributed by atoms with van der Waals surface area (Å²) in [6.07, 6.45) is 0. The van der Waals surface area contributed by atoms with Crippen LogP contribution in [0.5, 0.6) is 0 Å². The van der Waals surface area contributed by atoms with Gasteiger partial charge in [0.25, 0.3) is 0 Å². The minimum Gasteiger partial charge on any atom is -0.370 e. The Hall–Kier alpha value is -2.08. The molecule has 0 radical (unpaired) electrons. The second kappa shape index (κ2) is 5.50. The van der Waals surface area contributed by atoms with Crippen LogP contribution in [0.4, 0.5) is 5.82 Å². The van der Waals surface area contributed by atoms with Gasteiger partial charge in [0.05, 0.1) is 17.1 Å². The van der Waals surface area contributed by atoms with Crippen molar-refractivity contribution in [2.75, 3.05) is 11.9 Å². The van der Waals surface area contributed by atoms with Crippen LogP contribution in [0.2, 0.25) is 0 Å². The fraction of sp³-hybridized carbons (Fsp3) is 0.412. The Morgan fingerprint density at radius 1 is 1.30 bits per heavy atom. The zero-order valence-corrected chi connectivity index (χ0v) is 12.6. The quantitative estimate of drug-likeness (QED) is 0.906. The highest BCUT2D eigenvalue weighted by molar-refractivity contribution is 5.86. The van der Waals surface area contributed by atoms with Crippen molar-refractivity contribution in [3.63, 3.8) is 0 Å². The first-order chi connectivity index (χ1) is 9.41. The Labute approximate surface area is 120 Å². The lowest BCUT2D eigenvalue weighted by atomic mass is 9.82. The minimum absolute atomic E-state index is 0.252. The molecule has 2 aromatic rings. The maximum absolute atomic E-state index is 9.26. The Morgan fingerprint density at radius 3 is 2.65 bits per heavy atom. The van der Waals surface area contributed by atoms with Crippen molar-refractivity contribution < 1.29 is 0 Å². The first kappa shape index (κ1) is 14.3. The van der Waals surface area contributed by atoms with E-state index in [0.717, 1.165) is 23.3 Å². The molecule has 0 saturated carbocycles.